The second kappa shape index (κ2) is 9.13. The Kier molecular flexibility index (Phi) is 6.26. The number of rotatable bonds is 5. The Morgan fingerprint density at radius 1 is 1.06 bits per heavy atom. The molecule has 1 aliphatic rings. The van der Waals surface area contributed by atoms with Gasteiger partial charge in [-0.15, -0.1) is 0 Å². The standard InChI is InChI=1S/C23H19ClN2O6S/c1-31-23(28)15-6-5-7-17(12-15)25-22(27)21-14-26(19-13-16(24)10-11-20(19)32-21)33(29,30)18-8-3-2-4-9-18/h2-13,21H,14H2,1H3,(H,25,27). The van der Waals surface area contributed by atoms with Crippen LogP contribution in [0.2, 0.25) is 5.02 Å². The third-order valence-corrected chi connectivity index (χ3v) is 6.99. The largest absolute Gasteiger partial charge is 0.476 e. The fourth-order valence-corrected chi connectivity index (χ4v) is 5.03. The van der Waals surface area contributed by atoms with Gasteiger partial charge in [0.15, 0.2) is 6.10 Å². The Morgan fingerprint density at radius 2 is 1.82 bits per heavy atom. The summed E-state index contributed by atoms with van der Waals surface area (Å²) in [4.78, 5) is 24.8. The predicted octanol–water partition coefficient (Wildman–Crippen LogP) is 3.72. The van der Waals surface area contributed by atoms with Crippen LogP contribution in [0.3, 0.4) is 0 Å². The molecule has 10 heteroatoms. The Bertz CT molecular complexity index is 1310. The van der Waals surface area contributed by atoms with Crippen LogP contribution in [-0.2, 0) is 19.6 Å². The number of ether oxygens (including phenoxy) is 2. The highest BCUT2D eigenvalue weighted by Gasteiger charge is 2.37. The highest BCUT2D eigenvalue weighted by atomic mass is 35.5. The van der Waals surface area contributed by atoms with E-state index in [0.717, 1.165) is 4.31 Å². The SMILES string of the molecule is COC(=O)c1cccc(NC(=O)C2CN(S(=O)(=O)c3ccccc3)c3cc(Cl)ccc3O2)c1. The van der Waals surface area contributed by atoms with Crippen molar-refractivity contribution in [2.45, 2.75) is 11.0 Å². The average molecular weight is 487 g/mol. The van der Waals surface area contributed by atoms with Crippen molar-refractivity contribution in [2.24, 2.45) is 0 Å². The van der Waals surface area contributed by atoms with Crippen molar-refractivity contribution in [2.75, 3.05) is 23.3 Å². The van der Waals surface area contributed by atoms with E-state index in [1.54, 1.807) is 42.5 Å². The molecule has 170 valence electrons. The normalized spacial score (nSPS) is 15.2. The Morgan fingerprint density at radius 3 is 2.55 bits per heavy atom. The summed E-state index contributed by atoms with van der Waals surface area (Å²) in [7, 11) is -2.74. The maximum atomic E-state index is 13.4. The first-order valence-electron chi connectivity index (χ1n) is 9.83. The van der Waals surface area contributed by atoms with Gasteiger partial charge in [0.2, 0.25) is 0 Å². The van der Waals surface area contributed by atoms with Gasteiger partial charge in [0, 0.05) is 10.7 Å². The summed E-state index contributed by atoms with van der Waals surface area (Å²) >= 11 is 6.10. The molecule has 0 spiro atoms. The van der Waals surface area contributed by atoms with Crippen molar-refractivity contribution in [1.29, 1.82) is 0 Å². The molecule has 8 nitrogen and oxygen atoms in total. The molecule has 1 heterocycles. The van der Waals surface area contributed by atoms with Crippen molar-refractivity contribution in [3.8, 4) is 5.75 Å². The van der Waals surface area contributed by atoms with E-state index in [4.69, 9.17) is 21.1 Å². The number of benzene rings is 3. The average Bonchev–Trinajstić information content (AvgIpc) is 2.83. The van der Waals surface area contributed by atoms with Crippen molar-refractivity contribution in [3.63, 3.8) is 0 Å². The van der Waals surface area contributed by atoms with Crippen LogP contribution in [-0.4, -0.2) is 40.1 Å². The number of fused-ring (bicyclic) bond motifs is 1. The van der Waals surface area contributed by atoms with Gasteiger partial charge in [0.25, 0.3) is 15.9 Å². The van der Waals surface area contributed by atoms with E-state index < -0.39 is 28.0 Å². The van der Waals surface area contributed by atoms with Crippen molar-refractivity contribution < 1.29 is 27.5 Å². The van der Waals surface area contributed by atoms with E-state index in [9.17, 15) is 18.0 Å². The topological polar surface area (TPSA) is 102 Å². The summed E-state index contributed by atoms with van der Waals surface area (Å²) in [5.74, 6) is -0.926. The van der Waals surface area contributed by atoms with E-state index in [1.807, 2.05) is 0 Å². The predicted molar refractivity (Wildman–Crippen MR) is 123 cm³/mol. The van der Waals surface area contributed by atoms with Crippen LogP contribution in [0.1, 0.15) is 10.4 Å². The molecule has 1 aliphatic heterocycles. The van der Waals surface area contributed by atoms with E-state index in [2.05, 4.69) is 5.32 Å². The zero-order chi connectivity index (χ0) is 23.6. The van der Waals surface area contributed by atoms with Gasteiger partial charge in [-0.05, 0) is 48.5 Å². The minimum absolute atomic E-state index is 0.0720. The lowest BCUT2D eigenvalue weighted by Crippen LogP contribution is -2.48. The first-order chi connectivity index (χ1) is 15.8. The monoisotopic (exact) mass is 486 g/mol. The van der Waals surface area contributed by atoms with Gasteiger partial charge in [0.05, 0.1) is 29.8 Å². The fraction of sp³-hybridized carbons (Fsp3) is 0.130. The van der Waals surface area contributed by atoms with Crippen molar-refractivity contribution in [3.05, 3.63) is 83.4 Å². The van der Waals surface area contributed by atoms with Gasteiger partial charge < -0.3 is 14.8 Å². The highest BCUT2D eigenvalue weighted by molar-refractivity contribution is 7.92. The molecule has 33 heavy (non-hydrogen) atoms. The molecule has 0 saturated heterocycles. The molecule has 1 unspecified atom stereocenters. The molecule has 0 aliphatic carbocycles. The van der Waals surface area contributed by atoms with E-state index in [1.165, 1.54) is 37.4 Å². The molecule has 0 fully saturated rings. The Balaban J connectivity index is 1.65. The van der Waals surface area contributed by atoms with Crippen molar-refractivity contribution >= 4 is 44.9 Å². The fourth-order valence-electron chi connectivity index (χ4n) is 3.37. The van der Waals surface area contributed by atoms with Gasteiger partial charge in [-0.1, -0.05) is 35.9 Å². The van der Waals surface area contributed by atoms with Crippen molar-refractivity contribution in [1.82, 2.24) is 0 Å². The molecule has 0 aromatic heterocycles. The van der Waals surface area contributed by atoms with Crippen LogP contribution < -0.4 is 14.4 Å². The molecule has 3 aromatic carbocycles. The van der Waals surface area contributed by atoms with Crippen LogP contribution in [0.4, 0.5) is 11.4 Å². The van der Waals surface area contributed by atoms with Gasteiger partial charge in [-0.3, -0.25) is 9.10 Å². The zero-order valence-corrected chi connectivity index (χ0v) is 19.0. The summed E-state index contributed by atoms with van der Waals surface area (Å²) in [6.45, 7) is -0.271. The molecular weight excluding hydrogens is 468 g/mol. The lowest BCUT2D eigenvalue weighted by Gasteiger charge is -2.34. The third kappa shape index (κ3) is 4.64. The van der Waals surface area contributed by atoms with Gasteiger partial charge in [0.1, 0.15) is 5.75 Å². The maximum Gasteiger partial charge on any atom is 0.337 e. The number of anilines is 2. The summed E-state index contributed by atoms with van der Waals surface area (Å²) < 4.78 is 38.4. The van der Waals surface area contributed by atoms with Crippen LogP contribution in [0.5, 0.6) is 5.75 Å². The van der Waals surface area contributed by atoms with Crippen LogP contribution in [0.15, 0.2) is 77.7 Å². The number of sulfonamides is 1. The van der Waals surface area contributed by atoms with E-state index in [0.29, 0.717) is 10.7 Å². The second-order valence-corrected chi connectivity index (χ2v) is 9.43. The minimum Gasteiger partial charge on any atom is -0.476 e. The number of carbonyl (C=O) groups excluding carboxylic acids is 2. The van der Waals surface area contributed by atoms with E-state index in [-0.39, 0.29) is 28.4 Å². The first-order valence-corrected chi connectivity index (χ1v) is 11.6. The molecule has 4 rings (SSSR count). The highest BCUT2D eigenvalue weighted by Crippen LogP contribution is 2.39. The lowest BCUT2D eigenvalue weighted by molar-refractivity contribution is -0.122. The molecule has 0 bridgehead atoms. The number of nitrogens with zero attached hydrogens (tertiary/aromatic N) is 1. The van der Waals surface area contributed by atoms with Gasteiger partial charge >= 0.3 is 5.97 Å². The number of carbonyl (C=O) groups is 2. The maximum absolute atomic E-state index is 13.4. The summed E-state index contributed by atoms with van der Waals surface area (Å²) in [6.07, 6.45) is -1.15. The molecule has 0 saturated carbocycles. The number of amides is 1. The summed E-state index contributed by atoms with van der Waals surface area (Å²) in [5, 5.41) is 2.99. The van der Waals surface area contributed by atoms with Crippen LogP contribution in [0, 0.1) is 0 Å². The number of halogens is 1. The molecule has 1 atom stereocenters. The smallest absolute Gasteiger partial charge is 0.337 e. The van der Waals surface area contributed by atoms with Gasteiger partial charge in [-0.2, -0.15) is 0 Å². The first kappa shape index (κ1) is 22.6. The molecular formula is C23H19ClN2O6S. The third-order valence-electron chi connectivity index (χ3n) is 4.97. The van der Waals surface area contributed by atoms with E-state index >= 15 is 0 Å². The Hall–Kier alpha value is -3.56. The lowest BCUT2D eigenvalue weighted by atomic mass is 10.2. The summed E-state index contributed by atoms with van der Waals surface area (Å²) in [6, 6.07) is 18.6. The molecule has 3 aromatic rings. The molecule has 0 radical (unpaired) electrons. The number of hydrogen-bond donors (Lipinski definition) is 1. The van der Waals surface area contributed by atoms with Crippen LogP contribution in [0.25, 0.3) is 0 Å². The number of nitrogens with one attached hydrogen (secondary N) is 1. The molecule has 1 amide bonds. The number of methoxy groups -OCH3 is 1. The second-order valence-electron chi connectivity index (χ2n) is 7.13. The molecule has 1 N–H and O–H groups in total. The minimum atomic E-state index is -4.00. The summed E-state index contributed by atoms with van der Waals surface area (Å²) in [5.41, 5.74) is 0.835. The van der Waals surface area contributed by atoms with Crippen LogP contribution >= 0.6 is 11.6 Å². The zero-order valence-electron chi connectivity index (χ0n) is 17.4. The van der Waals surface area contributed by atoms with Gasteiger partial charge in [-0.25, -0.2) is 13.2 Å². The number of esters is 1. The number of hydrogen-bond acceptors (Lipinski definition) is 6. The quantitative estimate of drug-likeness (QED) is 0.551. The Labute approximate surface area is 195 Å².